The van der Waals surface area contributed by atoms with Gasteiger partial charge in [0.1, 0.15) is 6.54 Å². The molecule has 1 amide bonds. The van der Waals surface area contributed by atoms with Crippen molar-refractivity contribution < 1.29 is 19.1 Å². The van der Waals surface area contributed by atoms with Gasteiger partial charge in [0.25, 0.3) is 5.91 Å². The fourth-order valence-electron chi connectivity index (χ4n) is 1.15. The highest BCUT2D eigenvalue weighted by atomic mass is 35.5. The fraction of sp³-hybridized carbons (Fsp3) is 0.200. The molecular formula is C10H10ClNO4. The van der Waals surface area contributed by atoms with Crippen LogP contribution in [0, 0.1) is 0 Å². The number of carbonyl (C=O) groups is 2. The van der Waals surface area contributed by atoms with Crippen molar-refractivity contribution in [2.24, 2.45) is 0 Å². The van der Waals surface area contributed by atoms with Crippen LogP contribution in [0.5, 0.6) is 0 Å². The molecule has 0 aliphatic heterocycles. The third kappa shape index (κ3) is 2.87. The Kier molecular flexibility index (Phi) is 4.13. The maximum atomic E-state index is 11.8. The van der Waals surface area contributed by atoms with E-state index in [0.717, 1.165) is 4.90 Å². The number of furan rings is 1. The summed E-state index contributed by atoms with van der Waals surface area (Å²) in [4.78, 5) is 23.5. The molecule has 0 spiro atoms. The number of carboxylic acids is 1. The summed E-state index contributed by atoms with van der Waals surface area (Å²) in [7, 11) is 0. The van der Waals surface area contributed by atoms with Crippen LogP contribution in [0.25, 0.3) is 0 Å². The predicted octanol–water partition coefficient (Wildman–Crippen LogP) is 1.65. The molecule has 0 atom stereocenters. The Morgan fingerprint density at radius 1 is 1.62 bits per heavy atom. The Morgan fingerprint density at radius 2 is 2.31 bits per heavy atom. The van der Waals surface area contributed by atoms with Gasteiger partial charge in [-0.25, -0.2) is 0 Å². The standard InChI is InChI=1S/C10H10ClNO4/c1-2-4-12(6-8(13)14)10(15)7-3-5-16-9(7)11/h2-3,5H,1,4,6H2,(H,13,14). The minimum absolute atomic E-state index is 0.0514. The molecule has 0 saturated heterocycles. The van der Waals surface area contributed by atoms with Crippen LogP contribution in [0.3, 0.4) is 0 Å². The van der Waals surface area contributed by atoms with Crippen LogP contribution in [0.15, 0.2) is 29.4 Å². The number of hydrogen-bond donors (Lipinski definition) is 1. The molecule has 1 N–H and O–H groups in total. The number of halogens is 1. The van der Waals surface area contributed by atoms with E-state index in [4.69, 9.17) is 21.1 Å². The largest absolute Gasteiger partial charge is 0.480 e. The number of carbonyl (C=O) groups excluding carboxylic acids is 1. The number of amides is 1. The van der Waals surface area contributed by atoms with Gasteiger partial charge in [0, 0.05) is 6.54 Å². The average Bonchev–Trinajstić information content (AvgIpc) is 2.62. The number of hydrogen-bond acceptors (Lipinski definition) is 3. The Bertz CT molecular complexity index is 413. The van der Waals surface area contributed by atoms with Gasteiger partial charge < -0.3 is 14.4 Å². The van der Waals surface area contributed by atoms with Crippen LogP contribution in [0.4, 0.5) is 0 Å². The molecule has 86 valence electrons. The van der Waals surface area contributed by atoms with Crippen LogP contribution in [-0.4, -0.2) is 35.0 Å². The molecule has 0 fully saturated rings. The van der Waals surface area contributed by atoms with Crippen LogP contribution in [0.2, 0.25) is 5.22 Å². The van der Waals surface area contributed by atoms with E-state index in [1.54, 1.807) is 0 Å². The van der Waals surface area contributed by atoms with E-state index < -0.39 is 18.4 Å². The number of carboxylic acid groups (broad SMARTS) is 1. The van der Waals surface area contributed by atoms with E-state index in [2.05, 4.69) is 6.58 Å². The normalized spacial score (nSPS) is 9.81. The molecule has 0 aliphatic rings. The zero-order valence-electron chi connectivity index (χ0n) is 8.35. The first kappa shape index (κ1) is 12.3. The quantitative estimate of drug-likeness (QED) is 0.798. The zero-order chi connectivity index (χ0) is 12.1. The average molecular weight is 244 g/mol. The Balaban J connectivity index is 2.86. The van der Waals surface area contributed by atoms with Crippen molar-refractivity contribution >= 4 is 23.5 Å². The van der Waals surface area contributed by atoms with Crippen molar-refractivity contribution in [3.63, 3.8) is 0 Å². The molecule has 0 unspecified atom stereocenters. The minimum Gasteiger partial charge on any atom is -0.480 e. The molecule has 0 aliphatic carbocycles. The molecule has 1 rings (SSSR count). The maximum absolute atomic E-state index is 11.8. The third-order valence-corrected chi connectivity index (χ3v) is 2.10. The summed E-state index contributed by atoms with van der Waals surface area (Å²) < 4.78 is 4.76. The van der Waals surface area contributed by atoms with Crippen LogP contribution in [0.1, 0.15) is 10.4 Å². The highest BCUT2D eigenvalue weighted by Crippen LogP contribution is 2.18. The summed E-state index contributed by atoms with van der Waals surface area (Å²) >= 11 is 5.63. The summed E-state index contributed by atoms with van der Waals surface area (Å²) in [5.41, 5.74) is 0.143. The molecule has 1 aromatic rings. The monoisotopic (exact) mass is 243 g/mol. The lowest BCUT2D eigenvalue weighted by Crippen LogP contribution is -2.35. The van der Waals surface area contributed by atoms with Gasteiger partial charge in [-0.15, -0.1) is 6.58 Å². The SMILES string of the molecule is C=CCN(CC(=O)O)C(=O)c1ccoc1Cl. The van der Waals surface area contributed by atoms with Crippen molar-refractivity contribution in [1.29, 1.82) is 0 Å². The van der Waals surface area contributed by atoms with E-state index in [1.165, 1.54) is 18.4 Å². The van der Waals surface area contributed by atoms with Gasteiger partial charge in [0.05, 0.1) is 11.8 Å². The molecule has 0 saturated carbocycles. The van der Waals surface area contributed by atoms with Crippen molar-refractivity contribution in [3.8, 4) is 0 Å². The number of rotatable bonds is 5. The van der Waals surface area contributed by atoms with Crippen molar-refractivity contribution in [2.75, 3.05) is 13.1 Å². The molecule has 0 aromatic carbocycles. The third-order valence-electron chi connectivity index (χ3n) is 1.81. The van der Waals surface area contributed by atoms with Gasteiger partial charge in [-0.3, -0.25) is 9.59 Å². The van der Waals surface area contributed by atoms with Gasteiger partial charge in [0.2, 0.25) is 5.22 Å². The highest BCUT2D eigenvalue weighted by molar-refractivity contribution is 6.32. The van der Waals surface area contributed by atoms with Crippen molar-refractivity contribution in [2.45, 2.75) is 0 Å². The smallest absolute Gasteiger partial charge is 0.323 e. The number of nitrogens with zero attached hydrogens (tertiary/aromatic N) is 1. The molecule has 5 nitrogen and oxygen atoms in total. The molecule has 0 radical (unpaired) electrons. The minimum atomic E-state index is -1.10. The van der Waals surface area contributed by atoms with E-state index in [9.17, 15) is 9.59 Å². The van der Waals surface area contributed by atoms with Crippen LogP contribution >= 0.6 is 11.6 Å². The summed E-state index contributed by atoms with van der Waals surface area (Å²) in [6, 6.07) is 1.39. The summed E-state index contributed by atoms with van der Waals surface area (Å²) in [6.45, 7) is 3.17. The fourth-order valence-corrected chi connectivity index (χ4v) is 1.35. The second-order valence-corrected chi connectivity index (χ2v) is 3.32. The lowest BCUT2D eigenvalue weighted by Gasteiger charge is -2.17. The lowest BCUT2D eigenvalue weighted by molar-refractivity contribution is -0.137. The van der Waals surface area contributed by atoms with Gasteiger partial charge in [-0.1, -0.05) is 6.08 Å². The summed E-state index contributed by atoms with van der Waals surface area (Å²) in [5.74, 6) is -1.60. The Labute approximate surface area is 96.9 Å². The predicted molar refractivity (Wildman–Crippen MR) is 57.5 cm³/mol. The summed E-state index contributed by atoms with van der Waals surface area (Å²) in [6.07, 6.45) is 2.71. The lowest BCUT2D eigenvalue weighted by atomic mass is 10.3. The molecule has 6 heteroatoms. The first-order valence-electron chi connectivity index (χ1n) is 4.41. The van der Waals surface area contributed by atoms with Gasteiger partial charge in [-0.05, 0) is 17.7 Å². The molecular weight excluding hydrogens is 234 g/mol. The van der Waals surface area contributed by atoms with E-state index in [1.807, 2.05) is 0 Å². The van der Waals surface area contributed by atoms with Crippen molar-refractivity contribution in [1.82, 2.24) is 4.90 Å². The topological polar surface area (TPSA) is 70.8 Å². The Morgan fingerprint density at radius 3 is 2.75 bits per heavy atom. The summed E-state index contributed by atoms with van der Waals surface area (Å²) in [5, 5.41) is 8.59. The van der Waals surface area contributed by atoms with Gasteiger partial charge in [-0.2, -0.15) is 0 Å². The van der Waals surface area contributed by atoms with Crippen LogP contribution in [-0.2, 0) is 4.79 Å². The van der Waals surface area contributed by atoms with E-state index >= 15 is 0 Å². The Hall–Kier alpha value is -1.75. The highest BCUT2D eigenvalue weighted by Gasteiger charge is 2.21. The molecule has 1 aromatic heterocycles. The second kappa shape index (κ2) is 5.37. The zero-order valence-corrected chi connectivity index (χ0v) is 9.11. The maximum Gasteiger partial charge on any atom is 0.323 e. The number of aliphatic carboxylic acids is 1. The first-order chi connectivity index (χ1) is 7.56. The molecule has 0 bridgehead atoms. The van der Waals surface area contributed by atoms with Crippen LogP contribution < -0.4 is 0 Å². The molecule has 1 heterocycles. The first-order valence-corrected chi connectivity index (χ1v) is 4.79. The van der Waals surface area contributed by atoms with E-state index in [-0.39, 0.29) is 17.3 Å². The molecule has 16 heavy (non-hydrogen) atoms. The van der Waals surface area contributed by atoms with Gasteiger partial charge >= 0.3 is 5.97 Å². The second-order valence-electron chi connectivity index (χ2n) is 2.98. The van der Waals surface area contributed by atoms with Gasteiger partial charge in [0.15, 0.2) is 0 Å². The van der Waals surface area contributed by atoms with E-state index in [0.29, 0.717) is 0 Å². The van der Waals surface area contributed by atoms with Crippen molar-refractivity contribution in [3.05, 3.63) is 35.8 Å².